The van der Waals surface area contributed by atoms with Crippen molar-refractivity contribution in [3.05, 3.63) is 75.9 Å². The van der Waals surface area contributed by atoms with Crippen LogP contribution in [-0.4, -0.2) is 29.5 Å². The van der Waals surface area contributed by atoms with E-state index in [-0.39, 0.29) is 10.8 Å². The minimum Gasteiger partial charge on any atom is -0.457 e. The van der Waals surface area contributed by atoms with Crippen LogP contribution in [0.2, 0.25) is 5.02 Å². The number of rotatable bonds is 6. The van der Waals surface area contributed by atoms with Crippen molar-refractivity contribution in [2.75, 3.05) is 25.1 Å². The van der Waals surface area contributed by atoms with Crippen LogP contribution in [0.5, 0.6) is 11.5 Å². The maximum absolute atomic E-state index is 13.0. The first-order chi connectivity index (χ1) is 14.6. The summed E-state index contributed by atoms with van der Waals surface area (Å²) in [6, 6.07) is 12.6. The van der Waals surface area contributed by atoms with E-state index in [1.807, 2.05) is 0 Å². The number of anilines is 1. The van der Waals surface area contributed by atoms with Crippen molar-refractivity contribution in [2.45, 2.75) is 12.8 Å². The molecule has 156 valence electrons. The number of nitrogens with zero attached hydrogens (tertiary/aromatic N) is 2. The smallest absolute Gasteiger partial charge is 0.292 e. The fourth-order valence-electron chi connectivity index (χ4n) is 3.26. The van der Waals surface area contributed by atoms with E-state index >= 15 is 0 Å². The van der Waals surface area contributed by atoms with Gasteiger partial charge in [-0.05, 0) is 67.3 Å². The van der Waals surface area contributed by atoms with E-state index in [0.717, 1.165) is 19.4 Å². The molecule has 6 nitrogen and oxygen atoms in total. The Hall–Kier alpha value is -2.90. The third kappa shape index (κ3) is 4.80. The van der Waals surface area contributed by atoms with Gasteiger partial charge >= 0.3 is 0 Å². The molecule has 1 atom stereocenters. The molecule has 3 aromatic rings. The average Bonchev–Trinajstić information content (AvgIpc) is 2.78. The molecule has 0 aliphatic carbocycles. The summed E-state index contributed by atoms with van der Waals surface area (Å²) in [6.07, 6.45) is 3.68. The van der Waals surface area contributed by atoms with Gasteiger partial charge in [0.25, 0.3) is 5.56 Å². The first kappa shape index (κ1) is 20.4. The summed E-state index contributed by atoms with van der Waals surface area (Å²) in [7, 11) is 0. The Morgan fingerprint density at radius 1 is 1.17 bits per heavy atom. The van der Waals surface area contributed by atoms with Crippen LogP contribution in [0.1, 0.15) is 12.8 Å². The molecule has 2 aromatic carbocycles. The Kier molecular flexibility index (Phi) is 6.30. The maximum atomic E-state index is 13.0. The first-order valence-corrected chi connectivity index (χ1v) is 10.1. The Morgan fingerprint density at radius 3 is 2.53 bits per heavy atom. The molecular weight excluding hydrogens is 409 g/mol. The number of ether oxygens (including phenoxy) is 2. The maximum Gasteiger partial charge on any atom is 0.292 e. The minimum absolute atomic E-state index is 0.0911. The lowest BCUT2D eigenvalue weighted by Crippen LogP contribution is -2.26. The second-order valence-electron chi connectivity index (χ2n) is 7.10. The van der Waals surface area contributed by atoms with Gasteiger partial charge in [0.15, 0.2) is 0 Å². The highest BCUT2D eigenvalue weighted by Crippen LogP contribution is 2.23. The van der Waals surface area contributed by atoms with Gasteiger partial charge in [-0.25, -0.2) is 4.39 Å². The molecule has 0 amide bonds. The summed E-state index contributed by atoms with van der Waals surface area (Å²) < 4.78 is 25.4. The van der Waals surface area contributed by atoms with E-state index in [4.69, 9.17) is 21.1 Å². The summed E-state index contributed by atoms with van der Waals surface area (Å²) in [5, 5.41) is 7.54. The van der Waals surface area contributed by atoms with Crippen LogP contribution >= 0.6 is 11.6 Å². The molecule has 0 radical (unpaired) electrons. The molecule has 8 heteroatoms. The third-order valence-electron chi connectivity index (χ3n) is 4.89. The van der Waals surface area contributed by atoms with Gasteiger partial charge in [0.1, 0.15) is 22.3 Å². The summed E-state index contributed by atoms with van der Waals surface area (Å²) in [6.45, 7) is 2.20. The standard InChI is InChI=1S/C22H21ClFN3O3/c23-21-20(25-12-15-2-1-11-29-14-15)13-26-27(22(21)28)17-5-9-19(10-6-17)30-18-7-3-16(24)4-8-18/h3-10,13,15,25H,1-2,11-12,14H2/t15-/m1/s1. The Balaban J connectivity index is 1.46. The minimum atomic E-state index is -0.409. The van der Waals surface area contributed by atoms with Crippen LogP contribution in [0.25, 0.3) is 5.69 Å². The molecule has 1 N–H and O–H groups in total. The van der Waals surface area contributed by atoms with Gasteiger partial charge in [0.2, 0.25) is 0 Å². The van der Waals surface area contributed by atoms with Crippen LogP contribution in [0, 0.1) is 11.7 Å². The molecule has 1 fully saturated rings. The zero-order chi connectivity index (χ0) is 20.9. The van der Waals surface area contributed by atoms with Crippen LogP contribution in [0.15, 0.2) is 59.5 Å². The zero-order valence-electron chi connectivity index (χ0n) is 16.2. The molecule has 0 bridgehead atoms. The molecular formula is C22H21ClFN3O3. The lowest BCUT2D eigenvalue weighted by atomic mass is 10.0. The van der Waals surface area contributed by atoms with Crippen molar-refractivity contribution in [3.63, 3.8) is 0 Å². The SMILES string of the molecule is O=c1c(Cl)c(NC[C@H]2CCCOC2)cnn1-c1ccc(Oc2ccc(F)cc2)cc1. The average molecular weight is 430 g/mol. The van der Waals surface area contributed by atoms with E-state index in [1.54, 1.807) is 42.6 Å². The van der Waals surface area contributed by atoms with Gasteiger partial charge in [-0.1, -0.05) is 11.6 Å². The predicted octanol–water partition coefficient (Wildman–Crippen LogP) is 4.66. The summed E-state index contributed by atoms with van der Waals surface area (Å²) in [5.41, 5.74) is 0.661. The normalized spacial score (nSPS) is 16.3. The van der Waals surface area contributed by atoms with E-state index < -0.39 is 5.56 Å². The van der Waals surface area contributed by atoms with Gasteiger partial charge < -0.3 is 14.8 Å². The highest BCUT2D eigenvalue weighted by Gasteiger charge is 2.16. The Morgan fingerprint density at radius 2 is 1.87 bits per heavy atom. The number of benzene rings is 2. The molecule has 1 aliphatic rings. The van der Waals surface area contributed by atoms with Gasteiger partial charge in [0.05, 0.1) is 24.2 Å². The molecule has 4 rings (SSSR count). The Labute approximate surface area is 178 Å². The van der Waals surface area contributed by atoms with E-state index in [0.29, 0.717) is 41.9 Å². The largest absolute Gasteiger partial charge is 0.457 e. The van der Waals surface area contributed by atoms with Crippen molar-refractivity contribution >= 4 is 17.3 Å². The van der Waals surface area contributed by atoms with Crippen LogP contribution < -0.4 is 15.6 Å². The van der Waals surface area contributed by atoms with Crippen molar-refractivity contribution in [1.82, 2.24) is 9.78 Å². The number of nitrogens with one attached hydrogen (secondary N) is 1. The third-order valence-corrected chi connectivity index (χ3v) is 5.25. The fraction of sp³-hybridized carbons (Fsp3) is 0.273. The topological polar surface area (TPSA) is 65.4 Å². The van der Waals surface area contributed by atoms with E-state index in [1.165, 1.54) is 16.8 Å². The van der Waals surface area contributed by atoms with Crippen molar-refractivity contribution in [1.29, 1.82) is 0 Å². The monoisotopic (exact) mass is 429 g/mol. The van der Waals surface area contributed by atoms with E-state index in [2.05, 4.69) is 10.4 Å². The number of halogens is 2. The lowest BCUT2D eigenvalue weighted by Gasteiger charge is -2.22. The number of hydrogen-bond donors (Lipinski definition) is 1. The lowest BCUT2D eigenvalue weighted by molar-refractivity contribution is 0.0595. The highest BCUT2D eigenvalue weighted by atomic mass is 35.5. The second kappa shape index (κ2) is 9.28. The second-order valence-corrected chi connectivity index (χ2v) is 7.48. The van der Waals surface area contributed by atoms with Crippen molar-refractivity contribution in [2.24, 2.45) is 5.92 Å². The van der Waals surface area contributed by atoms with Crippen LogP contribution in [0.4, 0.5) is 10.1 Å². The van der Waals surface area contributed by atoms with Crippen molar-refractivity contribution in [3.8, 4) is 17.2 Å². The highest BCUT2D eigenvalue weighted by molar-refractivity contribution is 6.32. The Bertz CT molecular complexity index is 1050. The summed E-state index contributed by atoms with van der Waals surface area (Å²) in [4.78, 5) is 12.7. The predicted molar refractivity (Wildman–Crippen MR) is 113 cm³/mol. The summed E-state index contributed by atoms with van der Waals surface area (Å²) >= 11 is 6.29. The zero-order valence-corrected chi connectivity index (χ0v) is 16.9. The van der Waals surface area contributed by atoms with Gasteiger partial charge in [0, 0.05) is 13.2 Å². The van der Waals surface area contributed by atoms with Crippen LogP contribution in [0.3, 0.4) is 0 Å². The molecule has 30 heavy (non-hydrogen) atoms. The quantitative estimate of drug-likeness (QED) is 0.617. The molecule has 1 aliphatic heterocycles. The number of hydrogen-bond acceptors (Lipinski definition) is 5. The van der Waals surface area contributed by atoms with Gasteiger partial charge in [-0.2, -0.15) is 9.78 Å². The molecule has 0 unspecified atom stereocenters. The number of aromatic nitrogens is 2. The molecule has 1 aromatic heterocycles. The van der Waals surface area contributed by atoms with E-state index in [9.17, 15) is 9.18 Å². The molecule has 2 heterocycles. The van der Waals surface area contributed by atoms with Crippen molar-refractivity contribution < 1.29 is 13.9 Å². The molecule has 1 saturated heterocycles. The molecule has 0 saturated carbocycles. The fourth-order valence-corrected chi connectivity index (χ4v) is 3.45. The van der Waals surface area contributed by atoms with Gasteiger partial charge in [-0.3, -0.25) is 4.79 Å². The first-order valence-electron chi connectivity index (χ1n) is 9.73. The molecule has 0 spiro atoms. The summed E-state index contributed by atoms with van der Waals surface area (Å²) in [5.74, 6) is 1.13. The van der Waals surface area contributed by atoms with Gasteiger partial charge in [-0.15, -0.1) is 0 Å². The van der Waals surface area contributed by atoms with Crippen LogP contribution in [-0.2, 0) is 4.74 Å².